The molecule has 0 spiro atoms. The van der Waals surface area contributed by atoms with E-state index in [0.717, 1.165) is 15.6 Å². The minimum atomic E-state index is -0.881. The van der Waals surface area contributed by atoms with Gasteiger partial charge < -0.3 is 21.1 Å². The molecule has 0 aliphatic rings. The second-order valence-corrected chi connectivity index (χ2v) is 6.69. The van der Waals surface area contributed by atoms with E-state index < -0.39 is 23.9 Å². The van der Waals surface area contributed by atoms with E-state index in [0.29, 0.717) is 0 Å². The maximum atomic E-state index is 12.0. The van der Waals surface area contributed by atoms with E-state index in [1.54, 1.807) is 0 Å². The molecule has 0 saturated heterocycles. The Balaban J connectivity index is 1.78. The Hall–Kier alpha value is -2.87. The maximum absolute atomic E-state index is 12.0. The second-order valence-electron chi connectivity index (χ2n) is 5.77. The fraction of sp³-hybridized carbons (Fsp3) is 0.211. The van der Waals surface area contributed by atoms with Crippen LogP contribution in [0.4, 0.5) is 4.79 Å². The summed E-state index contributed by atoms with van der Waals surface area (Å²) in [5.74, 6) is -1.19. The number of nitrogens with two attached hydrogens (primary N) is 1. The first-order valence-electron chi connectivity index (χ1n) is 8.21. The van der Waals surface area contributed by atoms with Crippen molar-refractivity contribution in [1.82, 2.24) is 10.6 Å². The third-order valence-electron chi connectivity index (χ3n) is 3.61. The lowest BCUT2D eigenvalue weighted by molar-refractivity contribution is -0.126. The number of halogens is 1. The maximum Gasteiger partial charge on any atom is 0.407 e. The molecule has 0 fully saturated rings. The summed E-state index contributed by atoms with van der Waals surface area (Å²) in [6.45, 7) is -0.225. The van der Waals surface area contributed by atoms with Crippen LogP contribution in [0.5, 0.6) is 0 Å². The van der Waals surface area contributed by atoms with Crippen molar-refractivity contribution >= 4 is 33.8 Å². The molecule has 27 heavy (non-hydrogen) atoms. The van der Waals surface area contributed by atoms with Crippen LogP contribution in [0, 0.1) is 0 Å². The number of hydrogen-bond acceptors (Lipinski definition) is 4. The molecular weight excluding hydrogens is 414 g/mol. The van der Waals surface area contributed by atoms with Gasteiger partial charge in [-0.25, -0.2) is 4.79 Å². The Kier molecular flexibility index (Phi) is 7.81. The molecule has 7 nitrogen and oxygen atoms in total. The highest BCUT2D eigenvalue weighted by atomic mass is 79.9. The summed E-state index contributed by atoms with van der Waals surface area (Å²) in [7, 11) is 0. The average Bonchev–Trinajstić information content (AvgIpc) is 2.65. The Labute approximate surface area is 165 Å². The number of nitrogens with one attached hydrogen (secondary N) is 2. The zero-order valence-corrected chi connectivity index (χ0v) is 16.1. The van der Waals surface area contributed by atoms with Gasteiger partial charge in [-0.15, -0.1) is 0 Å². The summed E-state index contributed by atoms with van der Waals surface area (Å²) >= 11 is 3.35. The fourth-order valence-electron chi connectivity index (χ4n) is 2.29. The van der Waals surface area contributed by atoms with Crippen LogP contribution in [-0.4, -0.2) is 30.5 Å². The third kappa shape index (κ3) is 7.49. The quantitative estimate of drug-likeness (QED) is 0.589. The first kappa shape index (κ1) is 20.4. The van der Waals surface area contributed by atoms with Crippen molar-refractivity contribution in [3.63, 3.8) is 0 Å². The molecule has 0 heterocycles. The normalized spacial score (nSPS) is 11.3. The Bertz CT molecular complexity index is 799. The van der Waals surface area contributed by atoms with Crippen LogP contribution in [0.3, 0.4) is 0 Å². The molecule has 2 rings (SSSR count). The van der Waals surface area contributed by atoms with Gasteiger partial charge in [0, 0.05) is 10.9 Å². The predicted octanol–water partition coefficient (Wildman–Crippen LogP) is 1.89. The molecule has 8 heteroatoms. The molecule has 0 aromatic heterocycles. The molecule has 0 radical (unpaired) electrons. The lowest BCUT2D eigenvalue weighted by Crippen LogP contribution is -2.49. The average molecular weight is 434 g/mol. The zero-order valence-electron chi connectivity index (χ0n) is 14.5. The molecule has 2 aromatic rings. The standard InChI is InChI=1S/C19H20BrN3O4/c20-15-8-4-7-14(9-15)10-16(18(21)25)23-17(24)11-22-19(26)27-12-13-5-2-1-3-6-13/h1-9,16H,10-12H2,(H2,21,25)(H,22,26)(H,23,24)/t16-/m0/s1. The van der Waals surface area contributed by atoms with Gasteiger partial charge in [0.1, 0.15) is 19.2 Å². The number of alkyl carbamates (subject to hydrolysis) is 1. The van der Waals surface area contributed by atoms with Crippen LogP contribution in [0.15, 0.2) is 59.1 Å². The summed E-state index contributed by atoms with van der Waals surface area (Å²) in [6, 6.07) is 15.6. The van der Waals surface area contributed by atoms with Gasteiger partial charge >= 0.3 is 6.09 Å². The molecular formula is C19H20BrN3O4. The summed E-state index contributed by atoms with van der Waals surface area (Å²) in [6.07, 6.45) is -0.476. The van der Waals surface area contributed by atoms with Gasteiger partial charge in [-0.05, 0) is 23.3 Å². The molecule has 142 valence electrons. The van der Waals surface area contributed by atoms with E-state index in [1.807, 2.05) is 54.6 Å². The van der Waals surface area contributed by atoms with Crippen LogP contribution in [0.25, 0.3) is 0 Å². The van der Waals surface area contributed by atoms with Crippen molar-refractivity contribution < 1.29 is 19.1 Å². The van der Waals surface area contributed by atoms with Crippen LogP contribution >= 0.6 is 15.9 Å². The van der Waals surface area contributed by atoms with E-state index in [-0.39, 0.29) is 19.6 Å². The van der Waals surface area contributed by atoms with Crippen LogP contribution < -0.4 is 16.4 Å². The SMILES string of the molecule is NC(=O)[C@H](Cc1cccc(Br)c1)NC(=O)CNC(=O)OCc1ccccc1. The first-order valence-corrected chi connectivity index (χ1v) is 9.01. The number of carbonyl (C=O) groups is 3. The van der Waals surface area contributed by atoms with Crippen molar-refractivity contribution in [1.29, 1.82) is 0 Å². The van der Waals surface area contributed by atoms with Crippen molar-refractivity contribution in [2.45, 2.75) is 19.1 Å². The van der Waals surface area contributed by atoms with Gasteiger partial charge in [0.15, 0.2) is 0 Å². The number of ether oxygens (including phenoxy) is 1. The van der Waals surface area contributed by atoms with Gasteiger partial charge in [-0.3, -0.25) is 9.59 Å². The lowest BCUT2D eigenvalue weighted by atomic mass is 10.1. The highest BCUT2D eigenvalue weighted by Crippen LogP contribution is 2.13. The number of amides is 3. The monoisotopic (exact) mass is 433 g/mol. The highest BCUT2D eigenvalue weighted by Gasteiger charge is 2.19. The van der Waals surface area contributed by atoms with Crippen LogP contribution in [0.1, 0.15) is 11.1 Å². The number of hydrogen-bond donors (Lipinski definition) is 3. The molecule has 4 N–H and O–H groups in total. The lowest BCUT2D eigenvalue weighted by Gasteiger charge is -2.16. The summed E-state index contributed by atoms with van der Waals surface area (Å²) < 4.78 is 5.87. The van der Waals surface area contributed by atoms with Crippen molar-refractivity contribution in [3.8, 4) is 0 Å². The van der Waals surface area contributed by atoms with Gasteiger partial charge in [0.25, 0.3) is 0 Å². The first-order chi connectivity index (χ1) is 12.9. The molecule has 0 saturated carbocycles. The molecule has 0 aliphatic heterocycles. The summed E-state index contributed by atoms with van der Waals surface area (Å²) in [5.41, 5.74) is 7.03. The van der Waals surface area contributed by atoms with Crippen molar-refractivity contribution in [2.75, 3.05) is 6.54 Å². The molecule has 2 aromatic carbocycles. The summed E-state index contributed by atoms with van der Waals surface area (Å²) in [5, 5.41) is 4.85. The predicted molar refractivity (Wildman–Crippen MR) is 104 cm³/mol. The number of carbonyl (C=O) groups excluding carboxylic acids is 3. The molecule has 3 amide bonds. The summed E-state index contributed by atoms with van der Waals surface area (Å²) in [4.78, 5) is 35.3. The Morgan fingerprint density at radius 2 is 1.74 bits per heavy atom. The van der Waals surface area contributed by atoms with E-state index >= 15 is 0 Å². The van der Waals surface area contributed by atoms with Gasteiger partial charge in [-0.1, -0.05) is 58.4 Å². The van der Waals surface area contributed by atoms with E-state index in [9.17, 15) is 14.4 Å². The topological polar surface area (TPSA) is 111 Å². The molecule has 0 aliphatic carbocycles. The molecule has 0 bridgehead atoms. The van der Waals surface area contributed by atoms with E-state index in [2.05, 4.69) is 26.6 Å². The molecule has 0 unspecified atom stereocenters. The van der Waals surface area contributed by atoms with Crippen LogP contribution in [-0.2, 0) is 27.4 Å². The highest BCUT2D eigenvalue weighted by molar-refractivity contribution is 9.10. The fourth-order valence-corrected chi connectivity index (χ4v) is 2.74. The van der Waals surface area contributed by atoms with E-state index in [1.165, 1.54) is 0 Å². The second kappa shape index (κ2) is 10.3. The smallest absolute Gasteiger partial charge is 0.407 e. The Morgan fingerprint density at radius 3 is 2.41 bits per heavy atom. The van der Waals surface area contributed by atoms with Crippen LogP contribution in [0.2, 0.25) is 0 Å². The largest absolute Gasteiger partial charge is 0.445 e. The minimum absolute atomic E-state index is 0.0983. The van der Waals surface area contributed by atoms with Gasteiger partial charge in [-0.2, -0.15) is 0 Å². The Morgan fingerprint density at radius 1 is 1.04 bits per heavy atom. The minimum Gasteiger partial charge on any atom is -0.445 e. The number of benzene rings is 2. The van der Waals surface area contributed by atoms with Crippen molar-refractivity contribution in [3.05, 3.63) is 70.2 Å². The zero-order chi connectivity index (χ0) is 19.6. The third-order valence-corrected chi connectivity index (χ3v) is 4.11. The molecule has 1 atom stereocenters. The number of rotatable bonds is 8. The van der Waals surface area contributed by atoms with Crippen molar-refractivity contribution in [2.24, 2.45) is 5.73 Å². The number of primary amides is 1. The van der Waals surface area contributed by atoms with Gasteiger partial charge in [0.2, 0.25) is 11.8 Å². The van der Waals surface area contributed by atoms with Gasteiger partial charge in [0.05, 0.1) is 0 Å². The van der Waals surface area contributed by atoms with E-state index in [4.69, 9.17) is 10.5 Å².